The Bertz CT molecular complexity index is 3030. The van der Waals surface area contributed by atoms with Crippen LogP contribution < -0.4 is 0 Å². The summed E-state index contributed by atoms with van der Waals surface area (Å²) < 4.78 is 7.51. The summed E-state index contributed by atoms with van der Waals surface area (Å²) in [5, 5.41) is 7.68. The van der Waals surface area contributed by atoms with E-state index in [0.717, 1.165) is 16.7 Å². The summed E-state index contributed by atoms with van der Waals surface area (Å²) in [6, 6.07) is 55.9. The van der Waals surface area contributed by atoms with Gasteiger partial charge in [0, 0.05) is 73.5 Å². The van der Waals surface area contributed by atoms with Crippen molar-refractivity contribution in [1.29, 1.82) is 0 Å². The average Bonchev–Trinajstić information content (AvgIpc) is 3.87. The number of para-hydroxylation sites is 2. The van der Waals surface area contributed by atoms with E-state index >= 15 is 0 Å². The fraction of sp³-hybridized carbons (Fsp3) is 0. The Hall–Kier alpha value is -6.21. The lowest BCUT2D eigenvalue weighted by Gasteiger charge is -2.09. The Morgan fingerprint density at radius 1 is 0.353 bits per heavy atom. The number of aromatic nitrogens is 4. The molecule has 0 unspecified atom stereocenters. The molecule has 0 aliphatic rings. The van der Waals surface area contributed by atoms with Crippen LogP contribution in [-0.2, 0) is 0 Å². The van der Waals surface area contributed by atoms with Crippen LogP contribution in [0.5, 0.6) is 0 Å². The normalized spacial score (nSPS) is 11.9. The van der Waals surface area contributed by atoms with E-state index in [4.69, 9.17) is 15.0 Å². The maximum Gasteiger partial charge on any atom is 0.164 e. The molecular weight excluding hydrogens is 661 g/mol. The van der Waals surface area contributed by atoms with Crippen LogP contribution in [0.25, 0.3) is 102 Å². The molecule has 11 rings (SSSR count). The molecule has 4 heterocycles. The van der Waals surface area contributed by atoms with Crippen molar-refractivity contribution in [1.82, 2.24) is 19.5 Å². The standard InChI is InChI=1S/C45H26N4S2/c1-3-11-27(12-4-1)43-46-44(28-13-5-2-6-14-28)48-45(47-43)29-19-22-37-34(25-29)42-39(50-37)24-23-38-41(42)33-21-20-30(26-40(33)51-38)49-35-17-9-7-15-31(35)32-16-8-10-18-36(32)49/h1-26H. The minimum absolute atomic E-state index is 0.667. The van der Waals surface area contributed by atoms with Gasteiger partial charge in [0.2, 0.25) is 0 Å². The molecule has 4 nitrogen and oxygen atoms in total. The number of hydrogen-bond acceptors (Lipinski definition) is 5. The summed E-state index contributed by atoms with van der Waals surface area (Å²) >= 11 is 3.71. The number of rotatable bonds is 4. The van der Waals surface area contributed by atoms with Crippen molar-refractivity contribution in [2.24, 2.45) is 0 Å². The van der Waals surface area contributed by atoms with Gasteiger partial charge in [0.25, 0.3) is 0 Å². The summed E-state index contributed by atoms with van der Waals surface area (Å²) in [6.07, 6.45) is 0. The molecule has 0 bridgehead atoms. The third kappa shape index (κ3) is 4.47. The number of benzene rings is 7. The highest BCUT2D eigenvalue weighted by Crippen LogP contribution is 2.46. The van der Waals surface area contributed by atoms with E-state index in [1.165, 1.54) is 67.8 Å². The van der Waals surface area contributed by atoms with Crippen molar-refractivity contribution < 1.29 is 0 Å². The highest BCUT2D eigenvalue weighted by atomic mass is 32.1. The van der Waals surface area contributed by atoms with Crippen LogP contribution in [0.4, 0.5) is 0 Å². The van der Waals surface area contributed by atoms with Gasteiger partial charge in [-0.15, -0.1) is 22.7 Å². The zero-order chi connectivity index (χ0) is 33.5. The molecule has 11 aromatic rings. The molecular formula is C45H26N4S2. The van der Waals surface area contributed by atoms with Crippen LogP contribution in [-0.4, -0.2) is 19.5 Å². The summed E-state index contributed by atoms with van der Waals surface area (Å²) in [5.41, 5.74) is 6.53. The summed E-state index contributed by atoms with van der Waals surface area (Å²) in [4.78, 5) is 15.0. The lowest BCUT2D eigenvalue weighted by atomic mass is 10.0. The molecule has 0 N–H and O–H groups in total. The van der Waals surface area contributed by atoms with Gasteiger partial charge in [-0.05, 0) is 54.6 Å². The van der Waals surface area contributed by atoms with Crippen molar-refractivity contribution in [3.63, 3.8) is 0 Å². The minimum atomic E-state index is 0.667. The van der Waals surface area contributed by atoms with Crippen LogP contribution in [0.2, 0.25) is 0 Å². The quantitative estimate of drug-likeness (QED) is 0.185. The molecule has 0 saturated carbocycles. The van der Waals surface area contributed by atoms with Gasteiger partial charge >= 0.3 is 0 Å². The monoisotopic (exact) mass is 686 g/mol. The van der Waals surface area contributed by atoms with Crippen molar-refractivity contribution >= 4 is 84.8 Å². The fourth-order valence-electron chi connectivity index (χ4n) is 7.54. The second-order valence-corrected chi connectivity index (χ2v) is 15.0. The van der Waals surface area contributed by atoms with Gasteiger partial charge in [-0.1, -0.05) is 103 Å². The number of hydrogen-bond donors (Lipinski definition) is 0. The van der Waals surface area contributed by atoms with Crippen LogP contribution >= 0.6 is 22.7 Å². The molecule has 0 radical (unpaired) electrons. The lowest BCUT2D eigenvalue weighted by molar-refractivity contribution is 1.07. The van der Waals surface area contributed by atoms with E-state index in [0.29, 0.717) is 17.5 Å². The Morgan fingerprint density at radius 2 is 0.863 bits per heavy atom. The smallest absolute Gasteiger partial charge is 0.164 e. The predicted molar refractivity (Wildman–Crippen MR) is 216 cm³/mol. The van der Waals surface area contributed by atoms with Gasteiger partial charge in [-0.2, -0.15) is 0 Å². The second-order valence-electron chi connectivity index (χ2n) is 12.8. The Morgan fingerprint density at radius 3 is 1.49 bits per heavy atom. The Kier molecular flexibility index (Phi) is 6.26. The van der Waals surface area contributed by atoms with Crippen molar-refractivity contribution in [3.05, 3.63) is 158 Å². The van der Waals surface area contributed by atoms with E-state index in [1.807, 2.05) is 59.1 Å². The molecule has 0 saturated heterocycles. The van der Waals surface area contributed by atoms with Crippen LogP contribution in [0.15, 0.2) is 158 Å². The van der Waals surface area contributed by atoms with Gasteiger partial charge in [0.1, 0.15) is 0 Å². The maximum absolute atomic E-state index is 5.03. The zero-order valence-corrected chi connectivity index (χ0v) is 28.7. The molecule has 0 aliphatic carbocycles. The predicted octanol–water partition coefficient (Wildman–Crippen LogP) is 12.7. The zero-order valence-electron chi connectivity index (χ0n) is 27.1. The van der Waals surface area contributed by atoms with E-state index in [9.17, 15) is 0 Å². The molecule has 0 fully saturated rings. The third-order valence-corrected chi connectivity index (χ3v) is 12.1. The average molecular weight is 687 g/mol. The van der Waals surface area contributed by atoms with Gasteiger partial charge in [-0.3, -0.25) is 0 Å². The van der Waals surface area contributed by atoms with Crippen molar-refractivity contribution in [2.75, 3.05) is 0 Å². The summed E-state index contributed by atoms with van der Waals surface area (Å²) in [7, 11) is 0. The topological polar surface area (TPSA) is 43.6 Å². The van der Waals surface area contributed by atoms with Crippen molar-refractivity contribution in [3.8, 4) is 39.9 Å². The first kappa shape index (κ1) is 28.6. The lowest BCUT2D eigenvalue weighted by Crippen LogP contribution is -2.00. The summed E-state index contributed by atoms with van der Waals surface area (Å²) in [6.45, 7) is 0. The number of nitrogens with zero attached hydrogens (tertiary/aromatic N) is 4. The fourth-order valence-corrected chi connectivity index (χ4v) is 9.78. The molecule has 0 amide bonds. The van der Waals surface area contributed by atoms with Gasteiger partial charge in [0.15, 0.2) is 17.5 Å². The van der Waals surface area contributed by atoms with Gasteiger partial charge in [-0.25, -0.2) is 15.0 Å². The first-order chi connectivity index (χ1) is 25.3. The van der Waals surface area contributed by atoms with Gasteiger partial charge in [0.05, 0.1) is 11.0 Å². The molecule has 4 aromatic heterocycles. The third-order valence-electron chi connectivity index (χ3n) is 9.85. The van der Waals surface area contributed by atoms with Crippen molar-refractivity contribution in [2.45, 2.75) is 0 Å². The van der Waals surface area contributed by atoms with E-state index in [2.05, 4.69) is 126 Å². The first-order valence-electron chi connectivity index (χ1n) is 16.9. The molecule has 0 aliphatic heterocycles. The molecule has 6 heteroatoms. The minimum Gasteiger partial charge on any atom is -0.309 e. The number of fused-ring (bicyclic) bond motifs is 10. The Labute approximate surface area is 300 Å². The van der Waals surface area contributed by atoms with Crippen LogP contribution in [0.1, 0.15) is 0 Å². The highest BCUT2D eigenvalue weighted by Gasteiger charge is 2.18. The SMILES string of the molecule is c1ccc(-c2nc(-c3ccccc3)nc(-c3ccc4sc5ccc6sc7cc(-n8c9ccccc9c9ccccc98)ccc7c6c5c4c3)n2)cc1. The molecule has 51 heavy (non-hydrogen) atoms. The molecule has 0 spiro atoms. The van der Waals surface area contributed by atoms with E-state index < -0.39 is 0 Å². The summed E-state index contributed by atoms with van der Waals surface area (Å²) in [5.74, 6) is 2.00. The molecule has 0 atom stereocenters. The Balaban J connectivity index is 1.11. The number of thiophene rings is 2. The maximum atomic E-state index is 5.03. The van der Waals surface area contributed by atoms with E-state index in [1.54, 1.807) is 0 Å². The molecule has 238 valence electrons. The van der Waals surface area contributed by atoms with Crippen LogP contribution in [0, 0.1) is 0 Å². The van der Waals surface area contributed by atoms with Gasteiger partial charge < -0.3 is 4.57 Å². The second kappa shape index (κ2) is 11.2. The van der Waals surface area contributed by atoms with E-state index in [-0.39, 0.29) is 0 Å². The molecule has 7 aromatic carbocycles. The first-order valence-corrected chi connectivity index (χ1v) is 18.6. The van der Waals surface area contributed by atoms with Crippen LogP contribution in [0.3, 0.4) is 0 Å². The largest absolute Gasteiger partial charge is 0.309 e. The highest BCUT2D eigenvalue weighted by molar-refractivity contribution is 7.28.